The first-order valence-corrected chi connectivity index (χ1v) is 13.7. The van der Waals surface area contributed by atoms with Gasteiger partial charge in [0.1, 0.15) is 22.8 Å². The summed E-state index contributed by atoms with van der Waals surface area (Å²) < 4.78 is 0. The number of phenolic OH excluding ortho intramolecular Hbond substituents is 1. The van der Waals surface area contributed by atoms with E-state index in [1.165, 1.54) is 4.90 Å². The number of carbonyl (C=O) groups excluding carboxylic acids is 3. The van der Waals surface area contributed by atoms with Gasteiger partial charge in [0, 0.05) is 28.6 Å². The average Bonchev–Trinajstić information content (AvgIpc) is 3.59. The minimum atomic E-state index is -2.65. The molecule has 1 amide bonds. The normalized spacial score (nSPS) is 32.9. The number of likely N-dealkylation sites (tertiary alicyclic amines) is 1. The fourth-order valence-electron chi connectivity index (χ4n) is 7.52. The van der Waals surface area contributed by atoms with Crippen LogP contribution < -0.4 is 5.73 Å². The summed E-state index contributed by atoms with van der Waals surface area (Å²) in [5, 5.41) is 45.6. The highest BCUT2D eigenvalue weighted by molar-refractivity contribution is 6.33. The molecule has 0 aromatic heterocycles. The van der Waals surface area contributed by atoms with E-state index >= 15 is 0 Å². The van der Waals surface area contributed by atoms with Gasteiger partial charge in [0.05, 0.1) is 11.6 Å². The predicted molar refractivity (Wildman–Crippen MR) is 141 cm³/mol. The van der Waals surface area contributed by atoms with E-state index in [0.717, 1.165) is 37.8 Å². The number of nitrogens with zero attached hydrogens (tertiary/aromatic N) is 2. The molecule has 2 saturated carbocycles. The molecule has 208 valence electrons. The lowest BCUT2D eigenvalue weighted by atomic mass is 9.57. The molecule has 0 bridgehead atoms. The standard InChI is InChI=1S/C28H32ClN3O7/c1-31(2)22-15-9-11-8-14-19(17(33)10-13(21(14)29)16-4-3-7-32(16)12-5-6-12)23(34)18(11)25(36)28(15,39)26(37)20(24(22)35)27(30)38/h10-12,15-16,22,33-34,37,39H,3-9H2,1-2H3,(H2,30,38)/t11-,15-,16?,22-,28-/m0/s1. The Morgan fingerprint density at radius 2 is 1.87 bits per heavy atom. The first-order valence-electron chi connectivity index (χ1n) is 13.3. The predicted octanol–water partition coefficient (Wildman–Crippen LogP) is 1.92. The summed E-state index contributed by atoms with van der Waals surface area (Å²) >= 11 is 6.98. The number of rotatable bonds is 4. The van der Waals surface area contributed by atoms with Crippen LogP contribution in [0, 0.1) is 11.8 Å². The molecule has 1 saturated heterocycles. The zero-order valence-corrected chi connectivity index (χ0v) is 22.5. The van der Waals surface area contributed by atoms with Gasteiger partial charge >= 0.3 is 0 Å². The van der Waals surface area contributed by atoms with Crippen molar-refractivity contribution in [1.29, 1.82) is 0 Å². The Bertz CT molecular complexity index is 1400. The van der Waals surface area contributed by atoms with E-state index in [9.17, 15) is 34.8 Å². The molecule has 1 heterocycles. The third-order valence-corrected chi connectivity index (χ3v) is 9.80. The molecule has 1 aromatic carbocycles. The second-order valence-corrected chi connectivity index (χ2v) is 12.1. The number of fused-ring (bicyclic) bond motifs is 3. The highest BCUT2D eigenvalue weighted by atomic mass is 35.5. The fraction of sp³-hybridized carbons (Fsp3) is 0.536. The van der Waals surface area contributed by atoms with E-state index in [0.29, 0.717) is 16.6 Å². The van der Waals surface area contributed by atoms with Crippen LogP contribution in [-0.4, -0.2) is 86.0 Å². The molecular weight excluding hydrogens is 526 g/mol. The van der Waals surface area contributed by atoms with Gasteiger partial charge in [-0.2, -0.15) is 0 Å². The Morgan fingerprint density at radius 3 is 2.49 bits per heavy atom. The molecule has 6 rings (SSSR count). The molecule has 1 aliphatic heterocycles. The Labute approximate surface area is 230 Å². The minimum absolute atomic E-state index is 0.0241. The zero-order valence-electron chi connectivity index (χ0n) is 21.8. The van der Waals surface area contributed by atoms with Crippen molar-refractivity contribution < 1.29 is 34.8 Å². The number of ketones is 2. The molecule has 0 radical (unpaired) electrons. The van der Waals surface area contributed by atoms with Gasteiger partial charge in [-0.05, 0) is 82.3 Å². The minimum Gasteiger partial charge on any atom is -0.508 e. The van der Waals surface area contributed by atoms with Gasteiger partial charge < -0.3 is 26.2 Å². The van der Waals surface area contributed by atoms with Gasteiger partial charge in [0.2, 0.25) is 5.78 Å². The Morgan fingerprint density at radius 1 is 1.18 bits per heavy atom. The van der Waals surface area contributed by atoms with Gasteiger partial charge in [-0.15, -0.1) is 0 Å². The molecule has 5 atom stereocenters. The van der Waals surface area contributed by atoms with Crippen molar-refractivity contribution in [2.75, 3.05) is 20.6 Å². The first kappa shape index (κ1) is 26.3. The number of phenols is 1. The molecule has 0 spiro atoms. The highest BCUT2D eigenvalue weighted by Gasteiger charge is 2.64. The van der Waals surface area contributed by atoms with Gasteiger partial charge in [0.15, 0.2) is 11.4 Å². The Hall–Kier alpha value is -2.92. The van der Waals surface area contributed by atoms with Crippen molar-refractivity contribution >= 4 is 34.8 Å². The number of likely N-dealkylation sites (N-methyl/N-ethyl adjacent to an activating group) is 1. The van der Waals surface area contributed by atoms with Crippen molar-refractivity contribution in [1.82, 2.24) is 9.80 Å². The number of aliphatic hydroxyl groups excluding tert-OH is 2. The van der Waals surface area contributed by atoms with Crippen LogP contribution in [0.2, 0.25) is 5.02 Å². The van der Waals surface area contributed by atoms with Crippen LogP contribution >= 0.6 is 11.6 Å². The number of carbonyl (C=O) groups is 3. The van der Waals surface area contributed by atoms with Crippen LogP contribution in [-0.2, 0) is 20.8 Å². The number of amides is 1. The summed E-state index contributed by atoms with van der Waals surface area (Å²) in [6.07, 6.45) is 4.41. The van der Waals surface area contributed by atoms with Crippen molar-refractivity contribution in [2.24, 2.45) is 17.6 Å². The molecule has 1 aromatic rings. The van der Waals surface area contributed by atoms with E-state index in [4.69, 9.17) is 17.3 Å². The summed E-state index contributed by atoms with van der Waals surface area (Å²) in [7, 11) is 3.14. The number of aliphatic hydroxyl groups is 3. The quantitative estimate of drug-likeness (QED) is 0.348. The molecule has 39 heavy (non-hydrogen) atoms. The maximum absolute atomic E-state index is 13.9. The summed E-state index contributed by atoms with van der Waals surface area (Å²) in [5.41, 5.74) is 3.03. The van der Waals surface area contributed by atoms with Crippen LogP contribution in [0.4, 0.5) is 0 Å². The molecule has 6 N–H and O–H groups in total. The number of hydrogen-bond donors (Lipinski definition) is 5. The van der Waals surface area contributed by atoms with E-state index in [-0.39, 0.29) is 35.8 Å². The van der Waals surface area contributed by atoms with Gasteiger partial charge in [-0.3, -0.25) is 24.2 Å². The maximum atomic E-state index is 13.9. The number of benzene rings is 1. The number of nitrogens with two attached hydrogens (primary N) is 1. The largest absolute Gasteiger partial charge is 0.508 e. The van der Waals surface area contributed by atoms with Crippen LogP contribution in [0.3, 0.4) is 0 Å². The second kappa shape index (κ2) is 8.79. The van der Waals surface area contributed by atoms with Crippen LogP contribution in [0.1, 0.15) is 54.8 Å². The van der Waals surface area contributed by atoms with E-state index < -0.39 is 58.0 Å². The van der Waals surface area contributed by atoms with Crippen LogP contribution in [0.5, 0.6) is 5.75 Å². The highest BCUT2D eigenvalue weighted by Crippen LogP contribution is 2.55. The van der Waals surface area contributed by atoms with Crippen LogP contribution in [0.15, 0.2) is 23.0 Å². The Kier molecular flexibility index (Phi) is 5.93. The third kappa shape index (κ3) is 3.54. The lowest BCUT2D eigenvalue weighted by molar-refractivity contribution is -0.153. The molecule has 11 heteroatoms. The molecular formula is C28H32ClN3O7. The summed E-state index contributed by atoms with van der Waals surface area (Å²) in [6, 6.07) is 0.995. The van der Waals surface area contributed by atoms with Crippen molar-refractivity contribution in [2.45, 2.75) is 62.3 Å². The van der Waals surface area contributed by atoms with E-state index in [2.05, 4.69) is 4.90 Å². The van der Waals surface area contributed by atoms with E-state index in [1.54, 1.807) is 20.2 Å². The number of hydrogen-bond acceptors (Lipinski definition) is 9. The Balaban J connectivity index is 1.50. The topological polar surface area (TPSA) is 165 Å². The second-order valence-electron chi connectivity index (χ2n) is 11.7. The molecule has 3 fully saturated rings. The van der Waals surface area contributed by atoms with Crippen molar-refractivity contribution in [3.63, 3.8) is 0 Å². The number of primary amides is 1. The van der Waals surface area contributed by atoms with Crippen molar-refractivity contribution in [3.8, 4) is 5.75 Å². The van der Waals surface area contributed by atoms with Gasteiger partial charge in [-0.25, -0.2) is 0 Å². The van der Waals surface area contributed by atoms with E-state index in [1.807, 2.05) is 0 Å². The average molecular weight is 558 g/mol. The lowest BCUT2D eigenvalue weighted by Gasteiger charge is -2.50. The third-order valence-electron chi connectivity index (χ3n) is 9.35. The lowest BCUT2D eigenvalue weighted by Crippen LogP contribution is -2.65. The SMILES string of the molecule is CN(C)[C@@H]1C(=O)C(C(N)=O)=C(O)[C@@]2(O)C(=O)C3=C(O)c4c(O)cc(C5CCCN5C5CC5)c(Cl)c4C[C@H]3C[C@@H]12. The van der Waals surface area contributed by atoms with Gasteiger partial charge in [-0.1, -0.05) is 11.6 Å². The summed E-state index contributed by atoms with van der Waals surface area (Å²) in [5.74, 6) is -6.68. The number of halogens is 1. The summed E-state index contributed by atoms with van der Waals surface area (Å²) in [6.45, 7) is 0.959. The zero-order chi connectivity index (χ0) is 28.1. The van der Waals surface area contributed by atoms with Crippen molar-refractivity contribution in [3.05, 3.63) is 44.7 Å². The van der Waals surface area contributed by atoms with Gasteiger partial charge in [0.25, 0.3) is 5.91 Å². The molecule has 1 unspecified atom stereocenters. The number of Topliss-reactive ketones (excluding diaryl/α,β-unsaturated/α-hetero) is 2. The first-order chi connectivity index (χ1) is 18.4. The van der Waals surface area contributed by atoms with Crippen LogP contribution in [0.25, 0.3) is 5.76 Å². The fourth-order valence-corrected chi connectivity index (χ4v) is 7.87. The molecule has 10 nitrogen and oxygen atoms in total. The molecule has 4 aliphatic carbocycles. The monoisotopic (exact) mass is 557 g/mol. The number of aromatic hydroxyl groups is 1. The summed E-state index contributed by atoms with van der Waals surface area (Å²) in [4.78, 5) is 43.1. The smallest absolute Gasteiger partial charge is 0.255 e. The maximum Gasteiger partial charge on any atom is 0.255 e. The molecule has 5 aliphatic rings.